The third kappa shape index (κ3) is 4.27. The number of carbonyl (C=O) groups is 2. The summed E-state index contributed by atoms with van der Waals surface area (Å²) in [5, 5.41) is 3.23. The summed E-state index contributed by atoms with van der Waals surface area (Å²) in [5.74, 6) is 3.06. The normalized spacial score (nSPS) is 19.2. The molecule has 1 amide bonds. The molecule has 7 nitrogen and oxygen atoms in total. The van der Waals surface area contributed by atoms with E-state index in [9.17, 15) is 9.59 Å². The van der Waals surface area contributed by atoms with Crippen LogP contribution in [-0.4, -0.2) is 59.3 Å². The van der Waals surface area contributed by atoms with Crippen LogP contribution >= 0.6 is 0 Å². The van der Waals surface area contributed by atoms with Crippen molar-refractivity contribution in [1.29, 1.82) is 0 Å². The summed E-state index contributed by atoms with van der Waals surface area (Å²) >= 11 is 0. The number of aromatic nitrogens is 2. The molecule has 2 aliphatic rings. The van der Waals surface area contributed by atoms with Crippen LogP contribution in [0.4, 0.5) is 11.6 Å². The number of carbonyl (C=O) groups excluding carboxylic acids is 2. The average Bonchev–Trinajstić information content (AvgIpc) is 2.62. The van der Waals surface area contributed by atoms with E-state index in [1.807, 2.05) is 24.8 Å². The van der Waals surface area contributed by atoms with Gasteiger partial charge in [0.25, 0.3) is 0 Å². The van der Waals surface area contributed by atoms with Crippen LogP contribution in [-0.2, 0) is 9.59 Å². The number of aryl methyl sites for hydroxylation is 1. The molecule has 0 aromatic carbocycles. The Balaban J connectivity index is 1.58. The predicted molar refractivity (Wildman–Crippen MR) is 96.7 cm³/mol. The van der Waals surface area contributed by atoms with Crippen molar-refractivity contribution in [3.8, 4) is 0 Å². The lowest BCUT2D eigenvalue weighted by Gasteiger charge is -2.37. The second-order valence-electron chi connectivity index (χ2n) is 6.81. The Labute approximate surface area is 148 Å². The summed E-state index contributed by atoms with van der Waals surface area (Å²) in [7, 11) is 0. The summed E-state index contributed by atoms with van der Waals surface area (Å²) in [4.78, 5) is 37.1. The third-order valence-electron chi connectivity index (χ3n) is 4.99. The van der Waals surface area contributed by atoms with Gasteiger partial charge < -0.3 is 15.1 Å². The molecule has 1 aliphatic heterocycles. The fourth-order valence-electron chi connectivity index (χ4n) is 3.59. The molecule has 136 valence electrons. The van der Waals surface area contributed by atoms with E-state index >= 15 is 0 Å². The number of hydrogen-bond donors (Lipinski definition) is 1. The number of amides is 1. The standard InChI is InChI=1S/C18H27N5O2/c1-3-19-16-12-17(21-13(2)20-16)22-8-10-23(11-9-22)18(25)14-4-6-15(24)7-5-14/h12,14H,3-11H2,1-2H3,(H,19,20,21). The van der Waals surface area contributed by atoms with Gasteiger partial charge in [-0.25, -0.2) is 9.97 Å². The molecule has 0 radical (unpaired) electrons. The Morgan fingerprint density at radius 2 is 1.88 bits per heavy atom. The molecule has 2 heterocycles. The molecule has 3 rings (SSSR count). The highest BCUT2D eigenvalue weighted by Gasteiger charge is 2.30. The lowest BCUT2D eigenvalue weighted by molar-refractivity contribution is -0.137. The molecule has 1 saturated heterocycles. The fraction of sp³-hybridized carbons (Fsp3) is 0.667. The van der Waals surface area contributed by atoms with Crippen LogP contribution in [0.1, 0.15) is 38.4 Å². The molecule has 1 saturated carbocycles. The van der Waals surface area contributed by atoms with Crippen molar-refractivity contribution in [2.75, 3.05) is 42.9 Å². The maximum Gasteiger partial charge on any atom is 0.225 e. The van der Waals surface area contributed by atoms with E-state index in [0.717, 1.165) is 49.9 Å². The molecule has 1 aromatic heterocycles. The zero-order chi connectivity index (χ0) is 17.8. The van der Waals surface area contributed by atoms with E-state index in [-0.39, 0.29) is 11.8 Å². The first-order valence-electron chi connectivity index (χ1n) is 9.22. The van der Waals surface area contributed by atoms with Gasteiger partial charge in [0, 0.05) is 57.5 Å². The minimum Gasteiger partial charge on any atom is -0.370 e. The van der Waals surface area contributed by atoms with Crippen molar-refractivity contribution in [3.05, 3.63) is 11.9 Å². The third-order valence-corrected chi connectivity index (χ3v) is 4.99. The maximum absolute atomic E-state index is 12.7. The predicted octanol–water partition coefficient (Wildman–Crippen LogP) is 1.62. The van der Waals surface area contributed by atoms with Gasteiger partial charge in [-0.3, -0.25) is 9.59 Å². The molecular weight excluding hydrogens is 318 g/mol. The molecule has 0 spiro atoms. The number of rotatable bonds is 4. The molecule has 1 aromatic rings. The molecular formula is C18H27N5O2. The highest BCUT2D eigenvalue weighted by Crippen LogP contribution is 2.25. The fourth-order valence-corrected chi connectivity index (χ4v) is 3.59. The number of nitrogens with one attached hydrogen (secondary N) is 1. The second kappa shape index (κ2) is 7.80. The van der Waals surface area contributed by atoms with Crippen molar-refractivity contribution in [3.63, 3.8) is 0 Å². The van der Waals surface area contributed by atoms with Crippen molar-refractivity contribution in [2.45, 2.75) is 39.5 Å². The first-order chi connectivity index (χ1) is 12.1. The SMILES string of the molecule is CCNc1cc(N2CCN(C(=O)C3CCC(=O)CC3)CC2)nc(C)n1. The van der Waals surface area contributed by atoms with Crippen LogP contribution in [0.15, 0.2) is 6.07 Å². The molecule has 0 bridgehead atoms. The van der Waals surface area contributed by atoms with E-state index < -0.39 is 0 Å². The highest BCUT2D eigenvalue weighted by atomic mass is 16.2. The molecule has 25 heavy (non-hydrogen) atoms. The van der Waals surface area contributed by atoms with Gasteiger partial charge in [0.2, 0.25) is 5.91 Å². The van der Waals surface area contributed by atoms with E-state index in [4.69, 9.17) is 0 Å². The minimum absolute atomic E-state index is 0.0332. The van der Waals surface area contributed by atoms with Crippen LogP contribution in [0.5, 0.6) is 0 Å². The maximum atomic E-state index is 12.7. The van der Waals surface area contributed by atoms with Gasteiger partial charge in [-0.1, -0.05) is 0 Å². The largest absolute Gasteiger partial charge is 0.370 e. The van der Waals surface area contributed by atoms with Crippen LogP contribution in [0.25, 0.3) is 0 Å². The monoisotopic (exact) mass is 345 g/mol. The van der Waals surface area contributed by atoms with Gasteiger partial charge in [0.05, 0.1) is 0 Å². The number of ketones is 1. The smallest absolute Gasteiger partial charge is 0.225 e. The summed E-state index contributed by atoms with van der Waals surface area (Å²) in [6, 6.07) is 1.97. The van der Waals surface area contributed by atoms with Gasteiger partial charge >= 0.3 is 0 Å². The first-order valence-corrected chi connectivity index (χ1v) is 9.22. The summed E-state index contributed by atoms with van der Waals surface area (Å²) in [6.45, 7) is 7.74. The topological polar surface area (TPSA) is 78.4 Å². The van der Waals surface area contributed by atoms with Gasteiger partial charge in [0.1, 0.15) is 23.2 Å². The first kappa shape index (κ1) is 17.6. The Hall–Kier alpha value is -2.18. The van der Waals surface area contributed by atoms with Crippen molar-refractivity contribution < 1.29 is 9.59 Å². The molecule has 0 unspecified atom stereocenters. The molecule has 0 atom stereocenters. The van der Waals surface area contributed by atoms with Gasteiger partial charge in [-0.15, -0.1) is 0 Å². The Morgan fingerprint density at radius 3 is 2.52 bits per heavy atom. The summed E-state index contributed by atoms with van der Waals surface area (Å²) in [6.07, 6.45) is 2.55. The molecule has 1 N–H and O–H groups in total. The lowest BCUT2D eigenvalue weighted by Crippen LogP contribution is -2.51. The molecule has 7 heteroatoms. The van der Waals surface area contributed by atoms with Crippen molar-refractivity contribution in [2.24, 2.45) is 5.92 Å². The van der Waals surface area contributed by atoms with Crippen molar-refractivity contribution in [1.82, 2.24) is 14.9 Å². The number of Topliss-reactive ketones (excluding diaryl/α,β-unsaturated/α-hetero) is 1. The number of hydrogen-bond acceptors (Lipinski definition) is 6. The van der Waals surface area contributed by atoms with Gasteiger partial charge in [-0.05, 0) is 26.7 Å². The van der Waals surface area contributed by atoms with Gasteiger partial charge in [-0.2, -0.15) is 0 Å². The molecule has 2 fully saturated rings. The quantitative estimate of drug-likeness (QED) is 0.893. The number of anilines is 2. The van der Waals surface area contributed by atoms with E-state index in [1.54, 1.807) is 0 Å². The van der Waals surface area contributed by atoms with E-state index in [1.165, 1.54) is 0 Å². The second-order valence-corrected chi connectivity index (χ2v) is 6.81. The van der Waals surface area contributed by atoms with Crippen LogP contribution < -0.4 is 10.2 Å². The Kier molecular flexibility index (Phi) is 5.50. The van der Waals surface area contributed by atoms with Gasteiger partial charge in [0.15, 0.2) is 0 Å². The van der Waals surface area contributed by atoms with E-state index in [0.29, 0.717) is 31.7 Å². The van der Waals surface area contributed by atoms with Crippen molar-refractivity contribution >= 4 is 23.3 Å². The van der Waals surface area contributed by atoms with E-state index in [2.05, 4.69) is 20.2 Å². The summed E-state index contributed by atoms with van der Waals surface area (Å²) in [5.41, 5.74) is 0. The van der Waals surface area contributed by atoms with Crippen LogP contribution in [0.3, 0.4) is 0 Å². The molecule has 1 aliphatic carbocycles. The zero-order valence-corrected chi connectivity index (χ0v) is 15.1. The van der Waals surface area contributed by atoms with Crippen LogP contribution in [0.2, 0.25) is 0 Å². The Morgan fingerprint density at radius 1 is 1.20 bits per heavy atom. The van der Waals surface area contributed by atoms with Crippen LogP contribution in [0, 0.1) is 12.8 Å². The Bertz CT molecular complexity index is 630. The highest BCUT2D eigenvalue weighted by molar-refractivity contribution is 5.84. The zero-order valence-electron chi connectivity index (χ0n) is 15.1. The minimum atomic E-state index is 0.0332. The number of nitrogens with zero attached hydrogens (tertiary/aromatic N) is 4. The number of piperazine rings is 1. The summed E-state index contributed by atoms with van der Waals surface area (Å²) < 4.78 is 0. The average molecular weight is 345 g/mol. The lowest BCUT2D eigenvalue weighted by atomic mass is 9.87.